The molecule has 0 aromatic carbocycles. The average Bonchev–Trinajstić information content (AvgIpc) is 3.02. The number of hydrogen-bond acceptors (Lipinski definition) is 6. The second-order valence-electron chi connectivity index (χ2n) is 6.08. The molecule has 25 heavy (non-hydrogen) atoms. The summed E-state index contributed by atoms with van der Waals surface area (Å²) in [6.45, 7) is 0.731. The van der Waals surface area contributed by atoms with Gasteiger partial charge in [-0.05, 0) is 38.6 Å². The minimum atomic E-state index is -1.28. The number of carboxylic acid groups (broad SMARTS) is 2. The summed E-state index contributed by atoms with van der Waals surface area (Å²) < 4.78 is 0. The summed E-state index contributed by atoms with van der Waals surface area (Å²) in [5.74, 6) is -3.54. The third-order valence-electron chi connectivity index (χ3n) is 4.11. The van der Waals surface area contributed by atoms with Crippen molar-refractivity contribution in [2.75, 3.05) is 13.1 Å². The first-order chi connectivity index (χ1) is 11.8. The van der Waals surface area contributed by atoms with E-state index in [4.69, 9.17) is 16.6 Å². The number of amides is 2. The quantitative estimate of drug-likeness (QED) is 0.292. The molecule has 3 atom stereocenters. The fourth-order valence-electron chi connectivity index (χ4n) is 2.80. The van der Waals surface area contributed by atoms with Gasteiger partial charge in [-0.2, -0.15) is 0 Å². The van der Waals surface area contributed by atoms with E-state index < -0.39 is 48.3 Å². The lowest BCUT2D eigenvalue weighted by molar-refractivity contribution is -0.149. The van der Waals surface area contributed by atoms with Crippen molar-refractivity contribution in [3.63, 3.8) is 0 Å². The standard InChI is InChI=1S/C15H26N4O6/c16-6-2-1-4-10(18-13(22)9(17)8-12(20)21)14(23)19-7-3-5-11(19)15(24)25/h9-11H,1-8,16-17H2,(H,18,22)(H,20,21)(H,24,25)/t9-,10-,11-/m0/s1. The van der Waals surface area contributed by atoms with Gasteiger partial charge < -0.3 is 31.9 Å². The van der Waals surface area contributed by atoms with E-state index in [-0.39, 0.29) is 6.42 Å². The molecule has 1 saturated heterocycles. The summed E-state index contributed by atoms with van der Waals surface area (Å²) >= 11 is 0. The Morgan fingerprint density at radius 1 is 1.20 bits per heavy atom. The predicted octanol–water partition coefficient (Wildman–Crippen LogP) is -1.52. The van der Waals surface area contributed by atoms with Crippen molar-refractivity contribution in [1.82, 2.24) is 10.2 Å². The Labute approximate surface area is 145 Å². The van der Waals surface area contributed by atoms with Crippen LogP contribution in [0.25, 0.3) is 0 Å². The number of nitrogens with one attached hydrogen (secondary N) is 1. The number of unbranched alkanes of at least 4 members (excludes halogenated alkanes) is 1. The van der Waals surface area contributed by atoms with Crippen LogP contribution < -0.4 is 16.8 Å². The molecule has 1 rings (SSSR count). The third-order valence-corrected chi connectivity index (χ3v) is 4.11. The molecule has 1 heterocycles. The summed E-state index contributed by atoms with van der Waals surface area (Å²) in [7, 11) is 0. The van der Waals surface area contributed by atoms with Gasteiger partial charge in [-0.3, -0.25) is 14.4 Å². The van der Waals surface area contributed by atoms with Gasteiger partial charge in [-0.15, -0.1) is 0 Å². The number of aliphatic carboxylic acids is 2. The molecule has 10 heteroatoms. The van der Waals surface area contributed by atoms with E-state index in [2.05, 4.69) is 5.32 Å². The molecule has 0 saturated carbocycles. The summed E-state index contributed by atoms with van der Waals surface area (Å²) in [5, 5.41) is 20.4. The average molecular weight is 358 g/mol. The van der Waals surface area contributed by atoms with Crippen LogP contribution in [0.4, 0.5) is 0 Å². The van der Waals surface area contributed by atoms with Gasteiger partial charge in [0.15, 0.2) is 0 Å². The van der Waals surface area contributed by atoms with Crippen molar-refractivity contribution in [2.24, 2.45) is 11.5 Å². The zero-order valence-electron chi connectivity index (χ0n) is 14.0. The molecule has 0 aromatic rings. The highest BCUT2D eigenvalue weighted by Crippen LogP contribution is 2.19. The summed E-state index contributed by atoms with van der Waals surface area (Å²) in [6.07, 6.45) is 1.87. The van der Waals surface area contributed by atoms with E-state index in [0.717, 1.165) is 0 Å². The predicted molar refractivity (Wildman–Crippen MR) is 87.4 cm³/mol. The van der Waals surface area contributed by atoms with Crippen LogP contribution in [0.1, 0.15) is 38.5 Å². The van der Waals surface area contributed by atoms with Crippen LogP contribution in [0.2, 0.25) is 0 Å². The lowest BCUT2D eigenvalue weighted by atomic mass is 10.1. The second-order valence-corrected chi connectivity index (χ2v) is 6.08. The SMILES string of the molecule is NCCCC[C@H](NC(=O)[C@@H](N)CC(=O)O)C(=O)N1CCC[C@H]1C(=O)O. The van der Waals surface area contributed by atoms with Crippen molar-refractivity contribution in [1.29, 1.82) is 0 Å². The Kier molecular flexibility index (Phi) is 8.29. The van der Waals surface area contributed by atoms with Gasteiger partial charge in [0.2, 0.25) is 11.8 Å². The molecule has 142 valence electrons. The molecule has 1 fully saturated rings. The maximum Gasteiger partial charge on any atom is 0.326 e. The van der Waals surface area contributed by atoms with E-state index >= 15 is 0 Å². The highest BCUT2D eigenvalue weighted by atomic mass is 16.4. The minimum absolute atomic E-state index is 0.282. The Bertz CT molecular complexity index is 512. The van der Waals surface area contributed by atoms with E-state index in [9.17, 15) is 24.3 Å². The zero-order chi connectivity index (χ0) is 19.0. The first-order valence-corrected chi connectivity index (χ1v) is 8.29. The van der Waals surface area contributed by atoms with Crippen LogP contribution in [-0.2, 0) is 19.2 Å². The first kappa shape index (κ1) is 20.8. The number of nitrogens with two attached hydrogens (primary N) is 2. The highest BCUT2D eigenvalue weighted by Gasteiger charge is 2.37. The van der Waals surface area contributed by atoms with E-state index in [0.29, 0.717) is 38.8 Å². The molecule has 1 aliphatic heterocycles. The largest absolute Gasteiger partial charge is 0.481 e. The topological polar surface area (TPSA) is 176 Å². The smallest absolute Gasteiger partial charge is 0.326 e. The van der Waals surface area contributed by atoms with E-state index in [1.165, 1.54) is 4.90 Å². The summed E-state index contributed by atoms with van der Waals surface area (Å²) in [5.41, 5.74) is 11.0. The van der Waals surface area contributed by atoms with Gasteiger partial charge in [0, 0.05) is 6.54 Å². The number of hydrogen-bond donors (Lipinski definition) is 5. The number of carbonyl (C=O) groups excluding carboxylic acids is 2. The van der Waals surface area contributed by atoms with Gasteiger partial charge in [0.05, 0.1) is 12.5 Å². The molecule has 0 bridgehead atoms. The minimum Gasteiger partial charge on any atom is -0.481 e. The van der Waals surface area contributed by atoms with Gasteiger partial charge in [0.1, 0.15) is 12.1 Å². The van der Waals surface area contributed by atoms with Crippen LogP contribution in [0.15, 0.2) is 0 Å². The molecule has 0 unspecified atom stereocenters. The number of likely N-dealkylation sites (tertiary alicyclic amines) is 1. The molecule has 1 aliphatic rings. The van der Waals surface area contributed by atoms with Gasteiger partial charge in [0.25, 0.3) is 0 Å². The second kappa shape index (κ2) is 9.94. The Morgan fingerprint density at radius 2 is 1.88 bits per heavy atom. The van der Waals surface area contributed by atoms with Crippen LogP contribution in [0.5, 0.6) is 0 Å². The third kappa shape index (κ3) is 6.31. The normalized spacial score (nSPS) is 19.3. The fourth-order valence-corrected chi connectivity index (χ4v) is 2.80. The molecule has 0 spiro atoms. The zero-order valence-corrected chi connectivity index (χ0v) is 14.0. The van der Waals surface area contributed by atoms with Gasteiger partial charge >= 0.3 is 11.9 Å². The van der Waals surface area contributed by atoms with Crippen molar-refractivity contribution in [3.05, 3.63) is 0 Å². The van der Waals surface area contributed by atoms with Crippen LogP contribution >= 0.6 is 0 Å². The molecule has 0 aliphatic carbocycles. The molecule has 7 N–H and O–H groups in total. The van der Waals surface area contributed by atoms with Crippen LogP contribution in [0.3, 0.4) is 0 Å². The lowest BCUT2D eigenvalue weighted by Gasteiger charge is -2.28. The van der Waals surface area contributed by atoms with Crippen molar-refractivity contribution >= 4 is 23.8 Å². The number of carbonyl (C=O) groups is 4. The van der Waals surface area contributed by atoms with Gasteiger partial charge in [-0.1, -0.05) is 0 Å². The summed E-state index contributed by atoms with van der Waals surface area (Å²) in [6, 6.07) is -3.14. The number of carboxylic acids is 2. The van der Waals surface area contributed by atoms with Gasteiger partial charge in [-0.25, -0.2) is 4.79 Å². The molecule has 0 aromatic heterocycles. The fraction of sp³-hybridized carbons (Fsp3) is 0.733. The Hall–Kier alpha value is -2.20. The molecule has 2 amide bonds. The highest BCUT2D eigenvalue weighted by molar-refractivity contribution is 5.93. The number of nitrogens with zero attached hydrogens (tertiary/aromatic N) is 1. The van der Waals surface area contributed by atoms with Crippen LogP contribution in [0, 0.1) is 0 Å². The monoisotopic (exact) mass is 358 g/mol. The maximum absolute atomic E-state index is 12.7. The van der Waals surface area contributed by atoms with Crippen LogP contribution in [-0.4, -0.2) is 70.1 Å². The van der Waals surface area contributed by atoms with Crippen molar-refractivity contribution in [2.45, 2.75) is 56.7 Å². The molecular weight excluding hydrogens is 332 g/mol. The Morgan fingerprint density at radius 3 is 2.44 bits per heavy atom. The first-order valence-electron chi connectivity index (χ1n) is 8.29. The molecule has 0 radical (unpaired) electrons. The molecular formula is C15H26N4O6. The maximum atomic E-state index is 12.7. The molecule has 10 nitrogen and oxygen atoms in total. The number of rotatable bonds is 10. The Balaban J connectivity index is 2.80. The van der Waals surface area contributed by atoms with Crippen molar-refractivity contribution in [3.8, 4) is 0 Å². The van der Waals surface area contributed by atoms with Crippen molar-refractivity contribution < 1.29 is 29.4 Å². The lowest BCUT2D eigenvalue weighted by Crippen LogP contribution is -2.54. The summed E-state index contributed by atoms with van der Waals surface area (Å²) in [4.78, 5) is 47.9. The van der Waals surface area contributed by atoms with E-state index in [1.807, 2.05) is 0 Å². The van der Waals surface area contributed by atoms with E-state index in [1.54, 1.807) is 0 Å².